The molecule has 0 bridgehead atoms. The first kappa shape index (κ1) is 16.7. The molecule has 0 amide bonds. The Morgan fingerprint density at radius 2 is 1.92 bits per heavy atom. The van der Waals surface area contributed by atoms with Crippen LogP contribution in [0.1, 0.15) is 36.8 Å². The van der Waals surface area contributed by atoms with Crippen molar-refractivity contribution in [2.45, 2.75) is 44.3 Å². The van der Waals surface area contributed by atoms with Gasteiger partial charge in [-0.15, -0.1) is 0 Å². The fourth-order valence-electron chi connectivity index (χ4n) is 4.06. The third kappa shape index (κ3) is 2.97. The molecule has 0 N–H and O–H groups in total. The van der Waals surface area contributed by atoms with Crippen LogP contribution in [0, 0.1) is 17.2 Å². The summed E-state index contributed by atoms with van der Waals surface area (Å²) < 4.78 is 11.3. The highest BCUT2D eigenvalue weighted by Gasteiger charge is 2.34. The zero-order valence-electron chi connectivity index (χ0n) is 14.3. The number of hydrogen-bond acceptors (Lipinski definition) is 5. The topological polar surface area (TPSA) is 80.3 Å². The van der Waals surface area contributed by atoms with Crippen molar-refractivity contribution in [2.24, 2.45) is 5.92 Å². The van der Waals surface area contributed by atoms with Gasteiger partial charge in [-0.2, -0.15) is 5.26 Å². The Labute approximate surface area is 150 Å². The molecule has 1 aromatic carbocycles. The molecule has 0 saturated heterocycles. The van der Waals surface area contributed by atoms with Crippen LogP contribution < -0.4 is 5.63 Å². The molecule has 132 valence electrons. The highest BCUT2D eigenvalue weighted by molar-refractivity contribution is 5.94. The van der Waals surface area contributed by atoms with Crippen molar-refractivity contribution >= 4 is 16.8 Å². The van der Waals surface area contributed by atoms with Gasteiger partial charge in [0.15, 0.2) is 5.78 Å². The highest BCUT2D eigenvalue weighted by atomic mass is 16.5. The summed E-state index contributed by atoms with van der Waals surface area (Å²) in [6.07, 6.45) is 7.23. The van der Waals surface area contributed by atoms with E-state index in [0.29, 0.717) is 17.6 Å². The number of fused-ring (bicyclic) bond motifs is 1. The molecule has 4 rings (SSSR count). The van der Waals surface area contributed by atoms with E-state index in [1.165, 1.54) is 0 Å². The predicted molar refractivity (Wildman–Crippen MR) is 95.7 cm³/mol. The lowest BCUT2D eigenvalue weighted by atomic mass is 9.92. The fourth-order valence-corrected chi connectivity index (χ4v) is 4.06. The number of rotatable bonds is 3. The maximum Gasteiger partial charge on any atom is 0.354 e. The number of ketones is 1. The number of nitrogens with zero attached hydrogens (tertiary/aromatic N) is 1. The first-order chi connectivity index (χ1) is 12.7. The largest absolute Gasteiger partial charge is 0.422 e. The van der Waals surface area contributed by atoms with Crippen molar-refractivity contribution in [3.05, 3.63) is 58.0 Å². The normalized spacial score (nSPS) is 23.4. The summed E-state index contributed by atoms with van der Waals surface area (Å²) in [5, 5.41) is 10.2. The second-order valence-electron chi connectivity index (χ2n) is 6.96. The third-order valence-electron chi connectivity index (χ3n) is 5.34. The van der Waals surface area contributed by atoms with E-state index in [1.54, 1.807) is 24.3 Å². The van der Waals surface area contributed by atoms with E-state index in [-0.39, 0.29) is 23.4 Å². The maximum atomic E-state index is 12.2. The molecule has 2 aliphatic rings. The summed E-state index contributed by atoms with van der Waals surface area (Å²) in [6.45, 7) is 0. The molecule has 0 spiro atoms. The minimum atomic E-state index is -0.635. The minimum Gasteiger partial charge on any atom is -0.422 e. The van der Waals surface area contributed by atoms with Crippen LogP contribution >= 0.6 is 0 Å². The lowest BCUT2D eigenvalue weighted by Crippen LogP contribution is -2.37. The standard InChI is InChI=1S/C21H19NO4/c22-12-17-16(15-7-3-4-8-19(15)26-21(17)24)11-14-9-10-18(23)20(25-14)13-5-1-2-6-13/h3-4,7-10,13-14,20H,1-2,5-6,11H2. The molecule has 0 radical (unpaired) electrons. The monoisotopic (exact) mass is 349 g/mol. The van der Waals surface area contributed by atoms with E-state index >= 15 is 0 Å². The van der Waals surface area contributed by atoms with Gasteiger partial charge in [-0.1, -0.05) is 37.1 Å². The number of hydrogen-bond donors (Lipinski definition) is 0. The molecule has 1 aliphatic carbocycles. The summed E-state index contributed by atoms with van der Waals surface area (Å²) >= 11 is 0. The van der Waals surface area contributed by atoms with E-state index in [0.717, 1.165) is 31.1 Å². The van der Waals surface area contributed by atoms with E-state index in [9.17, 15) is 14.9 Å². The summed E-state index contributed by atoms with van der Waals surface area (Å²) in [5.74, 6) is 0.286. The molecule has 1 aromatic heterocycles. The van der Waals surface area contributed by atoms with Crippen LogP contribution in [0.5, 0.6) is 0 Å². The fraction of sp³-hybridized carbons (Fsp3) is 0.381. The SMILES string of the molecule is N#Cc1c(CC2C=CC(=O)C(C3CCCC3)O2)c2ccccc2oc1=O. The Kier molecular flexibility index (Phi) is 4.44. The zero-order valence-corrected chi connectivity index (χ0v) is 14.3. The number of nitriles is 1. The number of carbonyl (C=O) groups excluding carboxylic acids is 1. The van der Waals surface area contributed by atoms with Gasteiger partial charge in [0.1, 0.15) is 23.3 Å². The Balaban J connectivity index is 1.69. The van der Waals surface area contributed by atoms with Crippen LogP contribution in [0.2, 0.25) is 0 Å². The second kappa shape index (κ2) is 6.89. The first-order valence-corrected chi connectivity index (χ1v) is 8.99. The van der Waals surface area contributed by atoms with Gasteiger partial charge < -0.3 is 9.15 Å². The Bertz CT molecular complexity index is 976. The molecule has 2 unspecified atom stereocenters. The van der Waals surface area contributed by atoms with Gasteiger partial charge in [0.2, 0.25) is 0 Å². The lowest BCUT2D eigenvalue weighted by molar-refractivity contribution is -0.134. The summed E-state index contributed by atoms with van der Waals surface area (Å²) in [6, 6.07) is 9.14. The molecule has 5 heteroatoms. The van der Waals surface area contributed by atoms with Crippen molar-refractivity contribution in [1.82, 2.24) is 0 Å². The van der Waals surface area contributed by atoms with Gasteiger partial charge in [0.05, 0.1) is 6.10 Å². The van der Waals surface area contributed by atoms with E-state index < -0.39 is 11.7 Å². The number of para-hydroxylation sites is 1. The molecule has 1 aliphatic heterocycles. The van der Waals surface area contributed by atoms with Crippen LogP contribution in [0.15, 0.2) is 45.6 Å². The van der Waals surface area contributed by atoms with E-state index in [1.807, 2.05) is 18.2 Å². The van der Waals surface area contributed by atoms with Crippen LogP contribution in [0.4, 0.5) is 0 Å². The Hall–Kier alpha value is -2.71. The van der Waals surface area contributed by atoms with Gasteiger partial charge in [0.25, 0.3) is 0 Å². The number of benzene rings is 1. The molecule has 1 saturated carbocycles. The zero-order chi connectivity index (χ0) is 18.1. The summed E-state index contributed by atoms with van der Waals surface area (Å²) in [7, 11) is 0. The van der Waals surface area contributed by atoms with Crippen molar-refractivity contribution in [3.63, 3.8) is 0 Å². The Morgan fingerprint density at radius 1 is 1.15 bits per heavy atom. The molecule has 2 heterocycles. The van der Waals surface area contributed by atoms with Crippen molar-refractivity contribution in [2.75, 3.05) is 0 Å². The van der Waals surface area contributed by atoms with Crippen LogP contribution in [0.3, 0.4) is 0 Å². The van der Waals surface area contributed by atoms with Gasteiger partial charge in [-0.25, -0.2) is 4.79 Å². The molecular weight excluding hydrogens is 330 g/mol. The van der Waals surface area contributed by atoms with Crippen LogP contribution in [0.25, 0.3) is 11.0 Å². The summed E-state index contributed by atoms with van der Waals surface area (Å²) in [4.78, 5) is 24.4. The molecule has 2 atom stereocenters. The van der Waals surface area contributed by atoms with Crippen LogP contribution in [-0.4, -0.2) is 18.0 Å². The average Bonchev–Trinajstić information content (AvgIpc) is 3.18. The van der Waals surface area contributed by atoms with E-state index in [2.05, 4.69) is 0 Å². The molecule has 2 aromatic rings. The van der Waals surface area contributed by atoms with Gasteiger partial charge in [0, 0.05) is 11.8 Å². The Morgan fingerprint density at radius 3 is 2.69 bits per heavy atom. The predicted octanol–water partition coefficient (Wildman–Crippen LogP) is 3.29. The van der Waals surface area contributed by atoms with Gasteiger partial charge in [-0.3, -0.25) is 4.79 Å². The number of carbonyl (C=O) groups is 1. The van der Waals surface area contributed by atoms with Gasteiger partial charge >= 0.3 is 5.63 Å². The molecule has 1 fully saturated rings. The van der Waals surface area contributed by atoms with Crippen LogP contribution in [-0.2, 0) is 16.0 Å². The van der Waals surface area contributed by atoms with Gasteiger partial charge in [-0.05, 0) is 36.5 Å². The number of ether oxygens (including phenoxy) is 1. The molecular formula is C21H19NO4. The quantitative estimate of drug-likeness (QED) is 0.794. The summed E-state index contributed by atoms with van der Waals surface area (Å²) in [5.41, 5.74) is 0.447. The lowest BCUT2D eigenvalue weighted by Gasteiger charge is -2.29. The average molecular weight is 349 g/mol. The second-order valence-corrected chi connectivity index (χ2v) is 6.96. The first-order valence-electron chi connectivity index (χ1n) is 8.99. The maximum absolute atomic E-state index is 12.2. The van der Waals surface area contributed by atoms with Crippen molar-refractivity contribution in [3.8, 4) is 6.07 Å². The van der Waals surface area contributed by atoms with Crippen molar-refractivity contribution in [1.29, 1.82) is 5.26 Å². The minimum absolute atomic E-state index is 0.00927. The third-order valence-corrected chi connectivity index (χ3v) is 5.34. The van der Waals surface area contributed by atoms with E-state index in [4.69, 9.17) is 9.15 Å². The molecule has 26 heavy (non-hydrogen) atoms. The highest BCUT2D eigenvalue weighted by Crippen LogP contribution is 2.33. The smallest absolute Gasteiger partial charge is 0.354 e. The van der Waals surface area contributed by atoms with Crippen molar-refractivity contribution < 1.29 is 13.9 Å². The molecule has 5 nitrogen and oxygen atoms in total.